The minimum Gasteiger partial charge on any atom is -0.268 e. The van der Waals surface area contributed by atoms with Crippen LogP contribution in [0.4, 0.5) is 14.5 Å². The molecule has 4 rings (SSSR count). The largest absolute Gasteiger partial charge is 0.272 e. The highest BCUT2D eigenvalue weighted by atomic mass is 32.2. The van der Waals surface area contributed by atoms with Crippen LogP contribution >= 0.6 is 11.8 Å². The first-order valence-corrected chi connectivity index (χ1v) is 9.65. The maximum absolute atomic E-state index is 13.8. The third-order valence-corrected chi connectivity index (χ3v) is 5.60. The molecule has 0 unspecified atom stereocenters. The molecule has 1 heterocycles. The zero-order chi connectivity index (χ0) is 20.5. The number of benzene rings is 3. The van der Waals surface area contributed by atoms with Crippen molar-refractivity contribution >= 4 is 34.8 Å². The fourth-order valence-electron chi connectivity index (χ4n) is 3.04. The number of imide groups is 1. The Kier molecular flexibility index (Phi) is 5.03. The van der Waals surface area contributed by atoms with Gasteiger partial charge in [0.2, 0.25) is 0 Å². The Balaban J connectivity index is 1.83. The molecule has 0 N–H and O–H groups in total. The Morgan fingerprint density at radius 1 is 0.793 bits per heavy atom. The van der Waals surface area contributed by atoms with Crippen molar-refractivity contribution in [2.45, 2.75) is 11.8 Å². The molecule has 0 spiro atoms. The summed E-state index contributed by atoms with van der Waals surface area (Å²) in [5, 5.41) is 0. The van der Waals surface area contributed by atoms with Gasteiger partial charge in [-0.1, -0.05) is 59.8 Å². The topological polar surface area (TPSA) is 37.4 Å². The van der Waals surface area contributed by atoms with Gasteiger partial charge < -0.3 is 0 Å². The minimum absolute atomic E-state index is 0.00725. The lowest BCUT2D eigenvalue weighted by Gasteiger charge is -2.15. The van der Waals surface area contributed by atoms with Crippen LogP contribution < -0.4 is 4.90 Å². The molecule has 1 aliphatic heterocycles. The Morgan fingerprint density at radius 2 is 1.48 bits per heavy atom. The summed E-state index contributed by atoms with van der Waals surface area (Å²) in [6, 6.07) is 19.4. The molecule has 1 aliphatic rings. The smallest absolute Gasteiger partial charge is 0.268 e. The van der Waals surface area contributed by atoms with Gasteiger partial charge in [0.05, 0.1) is 16.2 Å². The Labute approximate surface area is 170 Å². The standard InChI is InChI=1S/C23H15F2NO2S/c1-14-7-9-15(10-8-14)20-21(29-17-5-3-2-4-6-17)23(28)26(22(20)27)16-11-12-18(24)19(25)13-16/h2-13H,1H3. The first-order chi connectivity index (χ1) is 14.0. The average molecular weight is 407 g/mol. The first-order valence-electron chi connectivity index (χ1n) is 8.84. The molecule has 0 atom stereocenters. The van der Waals surface area contributed by atoms with Crippen molar-refractivity contribution in [3.63, 3.8) is 0 Å². The molecule has 0 radical (unpaired) electrons. The van der Waals surface area contributed by atoms with E-state index in [2.05, 4.69) is 0 Å². The van der Waals surface area contributed by atoms with Crippen LogP contribution in [0.5, 0.6) is 0 Å². The second-order valence-electron chi connectivity index (χ2n) is 6.53. The van der Waals surface area contributed by atoms with Gasteiger partial charge in [-0.05, 0) is 36.8 Å². The summed E-state index contributed by atoms with van der Waals surface area (Å²) in [4.78, 5) is 28.3. The Morgan fingerprint density at radius 3 is 2.14 bits per heavy atom. The molecular weight excluding hydrogens is 392 g/mol. The maximum Gasteiger partial charge on any atom is 0.272 e. The number of anilines is 1. The minimum atomic E-state index is -1.12. The van der Waals surface area contributed by atoms with E-state index in [0.717, 1.165) is 27.5 Å². The normalized spacial score (nSPS) is 14.1. The molecule has 3 aromatic carbocycles. The molecule has 144 valence electrons. The molecule has 2 amide bonds. The summed E-state index contributed by atoms with van der Waals surface area (Å²) in [6.45, 7) is 1.92. The van der Waals surface area contributed by atoms with Crippen LogP contribution in [0.25, 0.3) is 5.57 Å². The number of nitrogens with zero attached hydrogens (tertiary/aromatic N) is 1. The Hall–Kier alpha value is -3.25. The summed E-state index contributed by atoms with van der Waals surface area (Å²) in [5.41, 5.74) is 1.85. The summed E-state index contributed by atoms with van der Waals surface area (Å²) >= 11 is 1.18. The van der Waals surface area contributed by atoms with Gasteiger partial charge in [-0.2, -0.15) is 0 Å². The molecule has 0 saturated heterocycles. The van der Waals surface area contributed by atoms with Crippen molar-refractivity contribution in [3.8, 4) is 0 Å². The lowest BCUT2D eigenvalue weighted by Crippen LogP contribution is -2.31. The summed E-state index contributed by atoms with van der Waals surface area (Å²) in [5.74, 6) is -3.30. The van der Waals surface area contributed by atoms with Crippen LogP contribution in [-0.2, 0) is 9.59 Å². The molecular formula is C23H15F2NO2S. The monoisotopic (exact) mass is 407 g/mol. The fourth-order valence-corrected chi connectivity index (χ4v) is 4.06. The lowest BCUT2D eigenvalue weighted by atomic mass is 10.0. The van der Waals surface area contributed by atoms with E-state index < -0.39 is 23.4 Å². The Bertz CT molecular complexity index is 1140. The van der Waals surface area contributed by atoms with Gasteiger partial charge in [0.1, 0.15) is 0 Å². The number of aryl methyl sites for hydroxylation is 1. The van der Waals surface area contributed by atoms with Crippen LogP contribution in [0.1, 0.15) is 11.1 Å². The van der Waals surface area contributed by atoms with Gasteiger partial charge in [-0.3, -0.25) is 9.59 Å². The number of hydrogen-bond donors (Lipinski definition) is 0. The predicted octanol–water partition coefficient (Wildman–Crippen LogP) is 5.35. The maximum atomic E-state index is 13.8. The molecule has 3 aromatic rings. The van der Waals surface area contributed by atoms with E-state index in [-0.39, 0.29) is 16.2 Å². The van der Waals surface area contributed by atoms with Crippen LogP contribution in [0, 0.1) is 18.6 Å². The van der Waals surface area contributed by atoms with Crippen LogP contribution in [0.3, 0.4) is 0 Å². The van der Waals surface area contributed by atoms with E-state index in [1.165, 1.54) is 17.8 Å². The van der Waals surface area contributed by atoms with Gasteiger partial charge in [0.15, 0.2) is 11.6 Å². The van der Waals surface area contributed by atoms with E-state index in [4.69, 9.17) is 0 Å². The van der Waals surface area contributed by atoms with Crippen LogP contribution in [0.2, 0.25) is 0 Å². The lowest BCUT2D eigenvalue weighted by molar-refractivity contribution is -0.119. The number of thioether (sulfide) groups is 1. The number of carbonyl (C=O) groups excluding carboxylic acids is 2. The van der Waals surface area contributed by atoms with Crippen molar-refractivity contribution in [1.82, 2.24) is 0 Å². The highest BCUT2D eigenvalue weighted by molar-refractivity contribution is 8.04. The zero-order valence-electron chi connectivity index (χ0n) is 15.4. The van der Waals surface area contributed by atoms with Gasteiger partial charge in [-0.25, -0.2) is 13.7 Å². The summed E-state index contributed by atoms with van der Waals surface area (Å²) < 4.78 is 27.1. The first kappa shape index (κ1) is 19.1. The van der Waals surface area contributed by atoms with E-state index in [1.807, 2.05) is 49.4 Å². The van der Waals surface area contributed by atoms with E-state index >= 15 is 0 Å². The number of halogens is 2. The average Bonchev–Trinajstić information content (AvgIpc) is 2.95. The second-order valence-corrected chi connectivity index (χ2v) is 7.61. The highest BCUT2D eigenvalue weighted by Gasteiger charge is 2.40. The van der Waals surface area contributed by atoms with Crippen LogP contribution in [0.15, 0.2) is 82.6 Å². The van der Waals surface area contributed by atoms with Gasteiger partial charge in [0.25, 0.3) is 11.8 Å². The third kappa shape index (κ3) is 3.59. The quantitative estimate of drug-likeness (QED) is 0.547. The predicted molar refractivity (Wildman–Crippen MR) is 109 cm³/mol. The van der Waals surface area contributed by atoms with Crippen molar-refractivity contribution in [2.24, 2.45) is 0 Å². The van der Waals surface area contributed by atoms with Gasteiger partial charge in [-0.15, -0.1) is 0 Å². The van der Waals surface area contributed by atoms with Crippen molar-refractivity contribution in [3.05, 3.63) is 100 Å². The molecule has 29 heavy (non-hydrogen) atoms. The molecule has 0 bridgehead atoms. The van der Waals surface area contributed by atoms with Crippen molar-refractivity contribution < 1.29 is 18.4 Å². The molecule has 0 fully saturated rings. The van der Waals surface area contributed by atoms with Gasteiger partial charge in [0, 0.05) is 11.0 Å². The highest BCUT2D eigenvalue weighted by Crippen LogP contribution is 2.41. The summed E-state index contributed by atoms with van der Waals surface area (Å²) in [6.07, 6.45) is 0. The van der Waals surface area contributed by atoms with E-state index in [1.54, 1.807) is 12.1 Å². The van der Waals surface area contributed by atoms with Crippen molar-refractivity contribution in [2.75, 3.05) is 4.90 Å². The molecule has 0 saturated carbocycles. The number of amides is 2. The molecule has 3 nitrogen and oxygen atoms in total. The van der Waals surface area contributed by atoms with Gasteiger partial charge >= 0.3 is 0 Å². The number of carbonyl (C=O) groups is 2. The molecule has 6 heteroatoms. The van der Waals surface area contributed by atoms with E-state index in [9.17, 15) is 18.4 Å². The summed E-state index contributed by atoms with van der Waals surface area (Å²) in [7, 11) is 0. The van der Waals surface area contributed by atoms with Crippen LogP contribution in [-0.4, -0.2) is 11.8 Å². The molecule has 0 aliphatic carbocycles. The SMILES string of the molecule is Cc1ccc(C2=C(Sc3ccccc3)C(=O)N(c3ccc(F)c(F)c3)C2=O)cc1. The number of rotatable bonds is 4. The van der Waals surface area contributed by atoms with E-state index in [0.29, 0.717) is 5.56 Å². The fraction of sp³-hybridized carbons (Fsp3) is 0.0435. The van der Waals surface area contributed by atoms with Crippen molar-refractivity contribution in [1.29, 1.82) is 0 Å². The third-order valence-electron chi connectivity index (χ3n) is 4.51. The zero-order valence-corrected chi connectivity index (χ0v) is 16.2. The molecule has 0 aromatic heterocycles. The second kappa shape index (κ2) is 7.64. The number of hydrogen-bond acceptors (Lipinski definition) is 3.